The van der Waals surface area contributed by atoms with Gasteiger partial charge in [0.2, 0.25) is 0 Å². The molecule has 0 bridgehead atoms. The minimum absolute atomic E-state index is 0. The van der Waals surface area contributed by atoms with Gasteiger partial charge in [0.25, 0.3) is 0 Å². The number of carbonyl (C=O) groups excluding carboxylic acids is 1. The fourth-order valence-corrected chi connectivity index (χ4v) is 2.26. The number of benzene rings is 1. The van der Waals surface area contributed by atoms with Crippen LogP contribution in [0.3, 0.4) is 0 Å². The molecular weight excluding hydrogens is 258 g/mol. The monoisotopic (exact) mass is 271 g/mol. The van der Waals surface area contributed by atoms with E-state index in [-0.39, 0.29) is 18.4 Å². The van der Waals surface area contributed by atoms with Gasteiger partial charge in [-0.15, -0.1) is 12.4 Å². The minimum Gasteiger partial charge on any atom is -0.310 e. The van der Waals surface area contributed by atoms with Crippen molar-refractivity contribution in [3.05, 3.63) is 35.9 Å². The number of hydrogen-bond acceptors (Lipinski definition) is 3. The van der Waals surface area contributed by atoms with Crippen molar-refractivity contribution in [3.63, 3.8) is 0 Å². The van der Waals surface area contributed by atoms with Gasteiger partial charge in [0, 0.05) is 13.6 Å². The van der Waals surface area contributed by atoms with Crippen LogP contribution in [0, 0.1) is 5.41 Å². The Kier molecular flexibility index (Phi) is 4.84. The second kappa shape index (κ2) is 5.93. The van der Waals surface area contributed by atoms with E-state index in [4.69, 9.17) is 5.41 Å². The van der Waals surface area contributed by atoms with Crippen LogP contribution in [0.2, 0.25) is 0 Å². The Morgan fingerprint density at radius 1 is 1.35 bits per heavy atom. The first-order chi connectivity index (χ1) is 7.68. The second-order valence-electron chi connectivity index (χ2n) is 3.60. The van der Waals surface area contributed by atoms with Crippen molar-refractivity contribution in [1.82, 2.24) is 9.80 Å². The van der Waals surface area contributed by atoms with Crippen molar-refractivity contribution in [3.8, 4) is 0 Å². The Balaban J connectivity index is 0.00000144. The Labute approximate surface area is 111 Å². The molecule has 0 radical (unpaired) electrons. The maximum Gasteiger partial charge on any atom is 0.326 e. The number of amidine groups is 1. The van der Waals surface area contributed by atoms with Crippen LogP contribution in [0.1, 0.15) is 5.56 Å². The molecule has 2 amide bonds. The average molecular weight is 272 g/mol. The number of nitrogens with one attached hydrogen (secondary N) is 1. The average Bonchev–Trinajstić information content (AvgIpc) is 2.31. The molecule has 0 aromatic heterocycles. The first-order valence-electron chi connectivity index (χ1n) is 4.96. The highest BCUT2D eigenvalue weighted by Crippen LogP contribution is 2.19. The maximum atomic E-state index is 11.8. The first kappa shape index (κ1) is 13.9. The van der Waals surface area contributed by atoms with E-state index >= 15 is 0 Å². The lowest BCUT2D eigenvalue weighted by Gasteiger charge is -2.32. The van der Waals surface area contributed by atoms with Crippen LogP contribution in [0.25, 0.3) is 0 Å². The smallest absolute Gasteiger partial charge is 0.310 e. The van der Waals surface area contributed by atoms with Gasteiger partial charge in [-0.25, -0.2) is 4.79 Å². The van der Waals surface area contributed by atoms with Crippen molar-refractivity contribution >= 4 is 35.4 Å². The van der Waals surface area contributed by atoms with Gasteiger partial charge >= 0.3 is 6.03 Å². The summed E-state index contributed by atoms with van der Waals surface area (Å²) >= 11 is 1.37. The summed E-state index contributed by atoms with van der Waals surface area (Å²) in [5.74, 6) is 0.552. The number of thioether (sulfide) groups is 1. The number of rotatable bonds is 2. The molecule has 1 aliphatic heterocycles. The highest BCUT2D eigenvalue weighted by molar-refractivity contribution is 8.13. The van der Waals surface area contributed by atoms with E-state index < -0.39 is 0 Å². The van der Waals surface area contributed by atoms with E-state index in [1.54, 1.807) is 11.9 Å². The van der Waals surface area contributed by atoms with E-state index in [0.29, 0.717) is 17.6 Å². The molecule has 0 unspecified atom stereocenters. The molecule has 17 heavy (non-hydrogen) atoms. The first-order valence-corrected chi connectivity index (χ1v) is 5.95. The summed E-state index contributed by atoms with van der Waals surface area (Å²) in [5.41, 5.74) is 1.11. The lowest BCUT2D eigenvalue weighted by molar-refractivity contribution is 0.186. The Morgan fingerprint density at radius 2 is 2.00 bits per heavy atom. The Hall–Kier alpha value is -1.20. The van der Waals surface area contributed by atoms with E-state index in [1.807, 2.05) is 30.3 Å². The van der Waals surface area contributed by atoms with Crippen molar-refractivity contribution in [2.75, 3.05) is 12.9 Å². The Bertz CT molecular complexity index is 412. The molecule has 1 saturated heterocycles. The maximum absolute atomic E-state index is 11.8. The summed E-state index contributed by atoms with van der Waals surface area (Å²) in [6.07, 6.45) is 0. The highest BCUT2D eigenvalue weighted by atomic mass is 35.5. The number of carbonyl (C=O) groups is 1. The van der Waals surface area contributed by atoms with Crippen molar-refractivity contribution < 1.29 is 4.79 Å². The van der Waals surface area contributed by atoms with Crippen molar-refractivity contribution in [2.45, 2.75) is 6.54 Å². The molecule has 1 heterocycles. The van der Waals surface area contributed by atoms with Crippen LogP contribution in [0.5, 0.6) is 0 Å². The van der Waals surface area contributed by atoms with Crippen LogP contribution >= 0.6 is 24.2 Å². The molecule has 1 aliphatic rings. The summed E-state index contributed by atoms with van der Waals surface area (Å²) in [5, 5.41) is 7.85. The standard InChI is InChI=1S/C11H13N3OS.ClH/c1-13-10(12)16-8-14(11(13)15)7-9-5-3-2-4-6-9;/h2-6,12H,7-8H2,1H3;1H. The predicted molar refractivity (Wildman–Crippen MR) is 72.6 cm³/mol. The fourth-order valence-electron chi connectivity index (χ4n) is 1.51. The quantitative estimate of drug-likeness (QED) is 0.899. The third kappa shape index (κ3) is 3.14. The van der Waals surface area contributed by atoms with E-state index in [1.165, 1.54) is 16.7 Å². The number of hydrogen-bond donors (Lipinski definition) is 1. The minimum atomic E-state index is -0.104. The summed E-state index contributed by atoms with van der Waals surface area (Å²) in [7, 11) is 1.63. The van der Waals surface area contributed by atoms with E-state index in [9.17, 15) is 4.79 Å². The van der Waals surface area contributed by atoms with Gasteiger partial charge in [0.05, 0.1) is 5.88 Å². The molecule has 1 aromatic carbocycles. The molecule has 0 aliphatic carbocycles. The van der Waals surface area contributed by atoms with Gasteiger partial charge in [0.1, 0.15) is 0 Å². The summed E-state index contributed by atoms with van der Waals surface area (Å²) in [4.78, 5) is 14.9. The number of urea groups is 1. The lowest BCUT2D eigenvalue weighted by Crippen LogP contribution is -2.47. The van der Waals surface area contributed by atoms with Gasteiger partial charge in [-0.3, -0.25) is 10.3 Å². The van der Waals surface area contributed by atoms with Crippen LogP contribution in [-0.4, -0.2) is 33.9 Å². The molecule has 4 nitrogen and oxygen atoms in total. The van der Waals surface area contributed by atoms with Gasteiger partial charge in [-0.1, -0.05) is 42.1 Å². The normalized spacial score (nSPS) is 15.8. The van der Waals surface area contributed by atoms with Crippen molar-refractivity contribution in [2.24, 2.45) is 0 Å². The predicted octanol–water partition coefficient (Wildman–Crippen LogP) is 2.60. The number of halogens is 1. The summed E-state index contributed by atoms with van der Waals surface area (Å²) < 4.78 is 0. The molecule has 6 heteroatoms. The van der Waals surface area contributed by atoms with Gasteiger partial charge < -0.3 is 4.90 Å². The largest absolute Gasteiger partial charge is 0.326 e. The van der Waals surface area contributed by atoms with E-state index in [0.717, 1.165) is 5.56 Å². The zero-order valence-corrected chi connectivity index (χ0v) is 11.1. The van der Waals surface area contributed by atoms with E-state index in [2.05, 4.69) is 0 Å². The fraction of sp³-hybridized carbons (Fsp3) is 0.273. The molecular formula is C11H14ClN3OS. The third-order valence-corrected chi connectivity index (χ3v) is 3.42. The highest BCUT2D eigenvalue weighted by Gasteiger charge is 2.26. The van der Waals surface area contributed by atoms with Gasteiger partial charge in [-0.05, 0) is 5.56 Å². The summed E-state index contributed by atoms with van der Waals surface area (Å²) in [6.45, 7) is 0.601. The SMILES string of the molecule is CN1C(=N)SCN(Cc2ccccc2)C1=O.Cl. The molecule has 1 N–H and O–H groups in total. The molecule has 0 atom stereocenters. The zero-order valence-electron chi connectivity index (χ0n) is 9.42. The molecule has 1 fully saturated rings. The number of amides is 2. The van der Waals surface area contributed by atoms with Gasteiger partial charge in [-0.2, -0.15) is 0 Å². The Morgan fingerprint density at radius 3 is 2.65 bits per heavy atom. The third-order valence-electron chi connectivity index (χ3n) is 2.44. The van der Waals surface area contributed by atoms with Crippen LogP contribution in [-0.2, 0) is 6.54 Å². The second-order valence-corrected chi connectivity index (χ2v) is 4.54. The van der Waals surface area contributed by atoms with Crippen molar-refractivity contribution in [1.29, 1.82) is 5.41 Å². The molecule has 92 valence electrons. The lowest BCUT2D eigenvalue weighted by atomic mass is 10.2. The van der Waals surface area contributed by atoms with Crippen LogP contribution < -0.4 is 0 Å². The molecule has 2 rings (SSSR count). The molecule has 1 aromatic rings. The van der Waals surface area contributed by atoms with Crippen LogP contribution in [0.15, 0.2) is 30.3 Å². The topological polar surface area (TPSA) is 47.4 Å². The summed E-state index contributed by atoms with van der Waals surface area (Å²) in [6, 6.07) is 9.77. The molecule has 0 spiro atoms. The van der Waals surface area contributed by atoms with Crippen LogP contribution in [0.4, 0.5) is 4.79 Å². The van der Waals surface area contributed by atoms with Gasteiger partial charge in [0.15, 0.2) is 5.17 Å². The molecule has 0 saturated carbocycles. The number of nitrogens with zero attached hydrogens (tertiary/aromatic N) is 2. The zero-order chi connectivity index (χ0) is 11.5.